The Bertz CT molecular complexity index is 410. The topological polar surface area (TPSA) is 38.7 Å². The van der Waals surface area contributed by atoms with Crippen molar-refractivity contribution in [3.63, 3.8) is 0 Å². The second-order valence-electron chi connectivity index (χ2n) is 3.31. The van der Waals surface area contributed by atoms with Crippen LogP contribution in [0.15, 0.2) is 23.2 Å². The Morgan fingerprint density at radius 2 is 2.21 bits per heavy atom. The lowest BCUT2D eigenvalue weighted by Crippen LogP contribution is -2.16. The quantitative estimate of drug-likeness (QED) is 0.679. The smallest absolute Gasteiger partial charge is 0.173 e. The first-order valence-electron chi connectivity index (χ1n) is 4.49. The van der Waals surface area contributed by atoms with E-state index in [1.165, 1.54) is 0 Å². The van der Waals surface area contributed by atoms with Gasteiger partial charge in [0.15, 0.2) is 5.78 Å². The second-order valence-corrected chi connectivity index (χ2v) is 3.31. The first kappa shape index (κ1) is 8.94. The number of benzene rings is 1. The molecule has 1 atom stereocenters. The molecule has 14 heavy (non-hydrogen) atoms. The van der Waals surface area contributed by atoms with Gasteiger partial charge in [0.1, 0.15) is 5.75 Å². The Balaban J connectivity index is 2.52. The monoisotopic (exact) mass is 189 g/mol. The van der Waals surface area contributed by atoms with E-state index in [0.717, 1.165) is 5.75 Å². The van der Waals surface area contributed by atoms with Crippen molar-refractivity contribution in [1.29, 1.82) is 0 Å². The molecule has 1 aromatic carbocycles. The highest BCUT2D eigenvalue weighted by molar-refractivity contribution is 6.12. The molecule has 0 spiro atoms. The molecule has 0 aliphatic carbocycles. The fourth-order valence-corrected chi connectivity index (χ4v) is 1.46. The highest BCUT2D eigenvalue weighted by Crippen LogP contribution is 2.29. The molecule has 3 nitrogen and oxygen atoms in total. The van der Waals surface area contributed by atoms with Crippen LogP contribution in [0.1, 0.15) is 17.3 Å². The molecule has 72 valence electrons. The predicted octanol–water partition coefficient (Wildman–Crippen LogP) is 2.23. The number of Topliss-reactive ketones (excluding diaryl/α,β-unsaturated/α-hetero) is 1. The van der Waals surface area contributed by atoms with Gasteiger partial charge in [0, 0.05) is 17.8 Å². The van der Waals surface area contributed by atoms with Crippen molar-refractivity contribution in [2.24, 2.45) is 10.9 Å². The Kier molecular flexibility index (Phi) is 2.08. The average Bonchev–Trinajstić information content (AvgIpc) is 2.23. The van der Waals surface area contributed by atoms with Gasteiger partial charge in [0.2, 0.25) is 0 Å². The number of fused-ring (bicyclic) bond motifs is 1. The Morgan fingerprint density at radius 1 is 1.43 bits per heavy atom. The number of carbonyl (C=O) groups is 1. The van der Waals surface area contributed by atoms with Crippen LogP contribution in [-0.4, -0.2) is 19.1 Å². The molecular weight excluding hydrogens is 178 g/mol. The van der Waals surface area contributed by atoms with Crippen LogP contribution in [0, 0.1) is 5.92 Å². The SMILES string of the molecule is COc1ccc2c(c1)N=CC(C)C2=O. The van der Waals surface area contributed by atoms with Gasteiger partial charge in [-0.3, -0.25) is 9.79 Å². The number of carbonyl (C=O) groups excluding carboxylic acids is 1. The van der Waals surface area contributed by atoms with Crippen molar-refractivity contribution in [1.82, 2.24) is 0 Å². The van der Waals surface area contributed by atoms with E-state index in [0.29, 0.717) is 11.3 Å². The third-order valence-corrected chi connectivity index (χ3v) is 2.32. The summed E-state index contributed by atoms with van der Waals surface area (Å²) in [4.78, 5) is 15.9. The molecule has 0 radical (unpaired) electrons. The van der Waals surface area contributed by atoms with Crippen molar-refractivity contribution in [2.45, 2.75) is 6.92 Å². The van der Waals surface area contributed by atoms with Gasteiger partial charge in [-0.2, -0.15) is 0 Å². The number of hydrogen-bond acceptors (Lipinski definition) is 3. The van der Waals surface area contributed by atoms with E-state index >= 15 is 0 Å². The maximum absolute atomic E-state index is 11.7. The maximum atomic E-state index is 11.7. The number of nitrogens with zero attached hydrogens (tertiary/aromatic N) is 1. The number of aliphatic imine (C=N–C) groups is 1. The van der Waals surface area contributed by atoms with Crippen LogP contribution in [0.4, 0.5) is 5.69 Å². The molecule has 0 bridgehead atoms. The maximum Gasteiger partial charge on any atom is 0.173 e. The fraction of sp³-hybridized carbons (Fsp3) is 0.273. The second kappa shape index (κ2) is 3.25. The van der Waals surface area contributed by atoms with Gasteiger partial charge in [0.05, 0.1) is 18.7 Å². The van der Waals surface area contributed by atoms with E-state index in [9.17, 15) is 4.79 Å². The van der Waals surface area contributed by atoms with Gasteiger partial charge in [-0.1, -0.05) is 6.92 Å². The van der Waals surface area contributed by atoms with E-state index in [-0.39, 0.29) is 11.7 Å². The number of ketones is 1. The molecule has 0 aromatic heterocycles. The molecular formula is C11H11NO2. The van der Waals surface area contributed by atoms with E-state index < -0.39 is 0 Å². The van der Waals surface area contributed by atoms with Crippen LogP contribution in [0.25, 0.3) is 0 Å². The molecule has 1 aliphatic rings. The predicted molar refractivity (Wildman–Crippen MR) is 54.6 cm³/mol. The van der Waals surface area contributed by atoms with Gasteiger partial charge < -0.3 is 4.74 Å². The summed E-state index contributed by atoms with van der Waals surface area (Å²) in [5, 5.41) is 0. The molecule has 0 N–H and O–H groups in total. The highest BCUT2D eigenvalue weighted by Gasteiger charge is 2.20. The summed E-state index contributed by atoms with van der Waals surface area (Å²) >= 11 is 0. The van der Waals surface area contributed by atoms with Crippen LogP contribution in [0.2, 0.25) is 0 Å². The Morgan fingerprint density at radius 3 is 2.93 bits per heavy atom. The molecule has 3 heteroatoms. The van der Waals surface area contributed by atoms with Gasteiger partial charge >= 0.3 is 0 Å². The number of rotatable bonds is 1. The first-order chi connectivity index (χ1) is 6.72. The Labute approximate surface area is 82.4 Å². The van der Waals surface area contributed by atoms with E-state index in [1.54, 1.807) is 31.5 Å². The normalized spacial score (nSPS) is 19.3. The van der Waals surface area contributed by atoms with Crippen molar-refractivity contribution in [3.8, 4) is 5.75 Å². The zero-order valence-corrected chi connectivity index (χ0v) is 8.15. The van der Waals surface area contributed by atoms with Crippen molar-refractivity contribution >= 4 is 17.7 Å². The molecule has 1 aliphatic heterocycles. The average molecular weight is 189 g/mol. The molecule has 0 amide bonds. The summed E-state index contributed by atoms with van der Waals surface area (Å²) in [6.07, 6.45) is 1.67. The number of hydrogen-bond donors (Lipinski definition) is 0. The third kappa shape index (κ3) is 1.31. The third-order valence-electron chi connectivity index (χ3n) is 2.32. The minimum Gasteiger partial charge on any atom is -0.497 e. The van der Waals surface area contributed by atoms with Crippen molar-refractivity contribution in [2.75, 3.05) is 7.11 Å². The van der Waals surface area contributed by atoms with Crippen LogP contribution in [-0.2, 0) is 0 Å². The fourth-order valence-electron chi connectivity index (χ4n) is 1.46. The van der Waals surface area contributed by atoms with Crippen molar-refractivity contribution < 1.29 is 9.53 Å². The molecule has 1 heterocycles. The summed E-state index contributed by atoms with van der Waals surface area (Å²) in [7, 11) is 1.60. The van der Waals surface area contributed by atoms with E-state index in [4.69, 9.17) is 4.74 Å². The van der Waals surface area contributed by atoms with Gasteiger partial charge in [-0.15, -0.1) is 0 Å². The molecule has 1 unspecified atom stereocenters. The van der Waals surface area contributed by atoms with Crippen LogP contribution >= 0.6 is 0 Å². The van der Waals surface area contributed by atoms with E-state index in [2.05, 4.69) is 4.99 Å². The number of methoxy groups -OCH3 is 1. The van der Waals surface area contributed by atoms with E-state index in [1.807, 2.05) is 6.92 Å². The number of ether oxygens (including phenoxy) is 1. The first-order valence-corrected chi connectivity index (χ1v) is 4.49. The minimum absolute atomic E-state index is 0.115. The minimum atomic E-state index is -0.115. The van der Waals surface area contributed by atoms with Gasteiger partial charge in [0.25, 0.3) is 0 Å². The zero-order chi connectivity index (χ0) is 10.1. The summed E-state index contributed by atoms with van der Waals surface area (Å²) in [6, 6.07) is 5.32. The lowest BCUT2D eigenvalue weighted by Gasteiger charge is -2.14. The van der Waals surface area contributed by atoms with Gasteiger partial charge in [-0.25, -0.2) is 0 Å². The summed E-state index contributed by atoms with van der Waals surface area (Å²) in [5.41, 5.74) is 1.38. The summed E-state index contributed by atoms with van der Waals surface area (Å²) in [5.74, 6) is 0.733. The lowest BCUT2D eigenvalue weighted by molar-refractivity contribution is 0.0962. The molecule has 1 aromatic rings. The van der Waals surface area contributed by atoms with Gasteiger partial charge in [-0.05, 0) is 12.1 Å². The van der Waals surface area contributed by atoms with Crippen molar-refractivity contribution in [3.05, 3.63) is 23.8 Å². The van der Waals surface area contributed by atoms with Crippen LogP contribution in [0.3, 0.4) is 0 Å². The van der Waals surface area contributed by atoms with Crippen LogP contribution < -0.4 is 4.74 Å². The standard InChI is InChI=1S/C11H11NO2/c1-7-6-12-10-5-8(14-2)3-4-9(10)11(7)13/h3-7H,1-2H3. The molecule has 0 fully saturated rings. The summed E-state index contributed by atoms with van der Waals surface area (Å²) < 4.78 is 5.06. The molecule has 2 rings (SSSR count). The largest absolute Gasteiger partial charge is 0.497 e. The van der Waals surface area contributed by atoms with Crippen LogP contribution in [0.5, 0.6) is 5.75 Å². The summed E-state index contributed by atoms with van der Waals surface area (Å²) in [6.45, 7) is 1.85. The lowest BCUT2D eigenvalue weighted by atomic mass is 9.96. The highest BCUT2D eigenvalue weighted by atomic mass is 16.5. The molecule has 0 saturated carbocycles. The molecule has 0 saturated heterocycles. The Hall–Kier alpha value is -1.64. The zero-order valence-electron chi connectivity index (χ0n) is 8.15.